The van der Waals surface area contributed by atoms with Gasteiger partial charge in [0.2, 0.25) is 11.7 Å². The third-order valence-electron chi connectivity index (χ3n) is 2.26. The van der Waals surface area contributed by atoms with Crippen molar-refractivity contribution < 1.29 is 4.52 Å². The Bertz CT molecular complexity index is 577. The number of pyridine rings is 1. The number of nitrogens with zero attached hydrogens (tertiary/aromatic N) is 3. The molecule has 1 N–H and O–H groups in total. The third-order valence-corrected chi connectivity index (χ3v) is 2.75. The number of aromatic nitrogens is 3. The minimum absolute atomic E-state index is 0.0230. The first-order valence-corrected chi connectivity index (χ1v) is 6.50. The summed E-state index contributed by atoms with van der Waals surface area (Å²) in [6, 6.07) is 1.59. The Kier molecular flexibility index (Phi) is 4.08. The second kappa shape index (κ2) is 5.45. The Labute approximate surface area is 121 Å². The van der Waals surface area contributed by atoms with Gasteiger partial charge in [0.05, 0.1) is 16.6 Å². The first-order valence-electron chi connectivity index (χ1n) is 5.74. The van der Waals surface area contributed by atoms with Gasteiger partial charge in [0.25, 0.3) is 0 Å². The van der Waals surface area contributed by atoms with Crippen LogP contribution in [0.3, 0.4) is 0 Å². The van der Waals surface area contributed by atoms with Gasteiger partial charge in [0, 0.05) is 11.7 Å². The summed E-state index contributed by atoms with van der Waals surface area (Å²) in [6.07, 6.45) is 1.49. The van der Waals surface area contributed by atoms with E-state index in [1.807, 2.05) is 0 Å². The van der Waals surface area contributed by atoms with Crippen LogP contribution in [0, 0.1) is 0 Å². The number of rotatable bonds is 3. The monoisotopic (exact) mass is 300 g/mol. The molecule has 0 bridgehead atoms. The third kappa shape index (κ3) is 3.89. The molecule has 5 nitrogen and oxygen atoms in total. The average Bonchev–Trinajstić information content (AvgIpc) is 2.74. The molecule has 0 aliphatic heterocycles. The molecule has 19 heavy (non-hydrogen) atoms. The van der Waals surface area contributed by atoms with E-state index in [1.165, 1.54) is 6.20 Å². The molecule has 0 spiro atoms. The van der Waals surface area contributed by atoms with Gasteiger partial charge in [-0.25, -0.2) is 4.98 Å². The number of hydrogen-bond acceptors (Lipinski definition) is 5. The SMILES string of the molecule is CC(C)(C)NCc1nc(-c2ncc(Cl)cc2Cl)no1. The molecule has 0 radical (unpaired) electrons. The Balaban J connectivity index is 2.16. The lowest BCUT2D eigenvalue weighted by Gasteiger charge is -2.18. The molecule has 2 heterocycles. The van der Waals surface area contributed by atoms with Gasteiger partial charge in [-0.15, -0.1) is 0 Å². The van der Waals surface area contributed by atoms with E-state index in [4.69, 9.17) is 27.7 Å². The van der Waals surface area contributed by atoms with Gasteiger partial charge >= 0.3 is 0 Å². The fraction of sp³-hybridized carbons (Fsp3) is 0.417. The first-order chi connectivity index (χ1) is 8.85. The molecule has 0 saturated carbocycles. The Morgan fingerprint density at radius 3 is 2.68 bits per heavy atom. The predicted molar refractivity (Wildman–Crippen MR) is 74.1 cm³/mol. The predicted octanol–water partition coefficient (Wildman–Crippen LogP) is 3.33. The zero-order chi connectivity index (χ0) is 14.0. The second-order valence-corrected chi connectivity index (χ2v) is 5.94. The summed E-state index contributed by atoms with van der Waals surface area (Å²) < 4.78 is 5.14. The maximum absolute atomic E-state index is 6.04. The van der Waals surface area contributed by atoms with Crippen LogP contribution in [0.4, 0.5) is 0 Å². The molecule has 0 unspecified atom stereocenters. The van der Waals surface area contributed by atoms with Crippen molar-refractivity contribution in [1.82, 2.24) is 20.4 Å². The van der Waals surface area contributed by atoms with Crippen LogP contribution in [-0.2, 0) is 6.54 Å². The van der Waals surface area contributed by atoms with Gasteiger partial charge < -0.3 is 9.84 Å². The summed E-state index contributed by atoms with van der Waals surface area (Å²) >= 11 is 11.8. The van der Waals surface area contributed by atoms with Crippen molar-refractivity contribution in [2.45, 2.75) is 32.9 Å². The van der Waals surface area contributed by atoms with Gasteiger partial charge in [0.1, 0.15) is 5.69 Å². The first kappa shape index (κ1) is 14.2. The van der Waals surface area contributed by atoms with Gasteiger partial charge in [-0.1, -0.05) is 28.4 Å². The molecule has 2 rings (SSSR count). The smallest absolute Gasteiger partial charge is 0.240 e. The molecular weight excluding hydrogens is 287 g/mol. The molecule has 102 valence electrons. The highest BCUT2D eigenvalue weighted by atomic mass is 35.5. The van der Waals surface area contributed by atoms with Crippen LogP contribution in [0.25, 0.3) is 11.5 Å². The standard InChI is InChI=1S/C12H14Cl2N4O/c1-12(2,3)16-6-9-17-11(18-19-9)10-8(14)4-7(13)5-15-10/h4-5,16H,6H2,1-3H3. The van der Waals surface area contributed by atoms with Gasteiger partial charge in [-0.05, 0) is 26.8 Å². The van der Waals surface area contributed by atoms with Crippen LogP contribution in [0.2, 0.25) is 10.0 Å². The van der Waals surface area contributed by atoms with Crippen LogP contribution < -0.4 is 5.32 Å². The van der Waals surface area contributed by atoms with E-state index >= 15 is 0 Å². The van der Waals surface area contributed by atoms with Gasteiger partial charge in [-0.2, -0.15) is 4.98 Å². The van der Waals surface area contributed by atoms with E-state index in [9.17, 15) is 0 Å². The van der Waals surface area contributed by atoms with Crippen molar-refractivity contribution in [3.8, 4) is 11.5 Å². The molecule has 0 fully saturated rings. The van der Waals surface area contributed by atoms with Crippen molar-refractivity contribution in [2.75, 3.05) is 0 Å². The van der Waals surface area contributed by atoms with E-state index in [0.29, 0.717) is 34.0 Å². The molecule has 0 aliphatic carbocycles. The van der Waals surface area contributed by atoms with Crippen molar-refractivity contribution >= 4 is 23.2 Å². The number of nitrogens with one attached hydrogen (secondary N) is 1. The molecule has 2 aromatic rings. The Hall–Kier alpha value is -1.17. The molecule has 7 heteroatoms. The minimum atomic E-state index is -0.0230. The Morgan fingerprint density at radius 2 is 2.05 bits per heavy atom. The highest BCUT2D eigenvalue weighted by Gasteiger charge is 2.15. The maximum Gasteiger partial charge on any atom is 0.240 e. The second-order valence-electron chi connectivity index (χ2n) is 5.10. The van der Waals surface area contributed by atoms with E-state index in [0.717, 1.165) is 0 Å². The topological polar surface area (TPSA) is 63.8 Å². The lowest BCUT2D eigenvalue weighted by molar-refractivity contribution is 0.336. The fourth-order valence-electron chi connectivity index (χ4n) is 1.34. The molecule has 2 aromatic heterocycles. The highest BCUT2D eigenvalue weighted by molar-refractivity contribution is 6.35. The zero-order valence-electron chi connectivity index (χ0n) is 10.9. The largest absolute Gasteiger partial charge is 0.337 e. The van der Waals surface area contributed by atoms with E-state index in [2.05, 4.69) is 41.2 Å². The lowest BCUT2D eigenvalue weighted by atomic mass is 10.1. The normalized spacial score (nSPS) is 11.8. The van der Waals surface area contributed by atoms with E-state index in [1.54, 1.807) is 6.07 Å². The molecule has 0 atom stereocenters. The summed E-state index contributed by atoms with van der Waals surface area (Å²) in [5.41, 5.74) is 0.432. The number of halogens is 2. The highest BCUT2D eigenvalue weighted by Crippen LogP contribution is 2.25. The van der Waals surface area contributed by atoms with Crippen molar-refractivity contribution in [3.63, 3.8) is 0 Å². The van der Waals surface area contributed by atoms with Crippen LogP contribution in [-0.4, -0.2) is 20.7 Å². The van der Waals surface area contributed by atoms with Crippen molar-refractivity contribution in [1.29, 1.82) is 0 Å². The molecule has 0 amide bonds. The lowest BCUT2D eigenvalue weighted by Crippen LogP contribution is -2.35. The van der Waals surface area contributed by atoms with Gasteiger partial charge in [-0.3, -0.25) is 0 Å². The van der Waals surface area contributed by atoms with E-state index < -0.39 is 0 Å². The van der Waals surface area contributed by atoms with Crippen LogP contribution in [0.1, 0.15) is 26.7 Å². The quantitative estimate of drug-likeness (QED) is 0.942. The average molecular weight is 301 g/mol. The molecular formula is C12H14Cl2N4O. The fourth-order valence-corrected chi connectivity index (χ4v) is 1.81. The summed E-state index contributed by atoms with van der Waals surface area (Å²) in [4.78, 5) is 8.34. The molecule has 0 aromatic carbocycles. The van der Waals surface area contributed by atoms with Crippen molar-refractivity contribution in [2.24, 2.45) is 0 Å². The Morgan fingerprint density at radius 1 is 1.32 bits per heavy atom. The summed E-state index contributed by atoms with van der Waals surface area (Å²) in [5.74, 6) is 0.838. The summed E-state index contributed by atoms with van der Waals surface area (Å²) in [5, 5.41) is 7.97. The van der Waals surface area contributed by atoms with Crippen LogP contribution in [0.5, 0.6) is 0 Å². The maximum atomic E-state index is 6.04. The minimum Gasteiger partial charge on any atom is -0.337 e. The summed E-state index contributed by atoms with van der Waals surface area (Å²) in [7, 11) is 0. The number of hydrogen-bond donors (Lipinski definition) is 1. The summed E-state index contributed by atoms with van der Waals surface area (Å²) in [6.45, 7) is 6.66. The molecule has 0 aliphatic rings. The van der Waals surface area contributed by atoms with E-state index in [-0.39, 0.29) is 5.54 Å². The zero-order valence-corrected chi connectivity index (χ0v) is 12.4. The van der Waals surface area contributed by atoms with Gasteiger partial charge in [0.15, 0.2) is 0 Å². The molecule has 0 saturated heterocycles. The van der Waals surface area contributed by atoms with Crippen LogP contribution >= 0.6 is 23.2 Å². The van der Waals surface area contributed by atoms with Crippen molar-refractivity contribution in [3.05, 3.63) is 28.2 Å². The van der Waals surface area contributed by atoms with Crippen LogP contribution in [0.15, 0.2) is 16.8 Å².